The molecular formula is C18H34O2S. The van der Waals surface area contributed by atoms with Crippen LogP contribution in [0.15, 0.2) is 0 Å². The van der Waals surface area contributed by atoms with Crippen LogP contribution in [0.3, 0.4) is 0 Å². The molecule has 1 saturated heterocycles. The summed E-state index contributed by atoms with van der Waals surface area (Å²) < 4.78 is 5.28. The van der Waals surface area contributed by atoms with Crippen molar-refractivity contribution < 1.29 is 9.53 Å². The number of carbonyl (C=O) groups is 1. The molecule has 2 nitrogen and oxygen atoms in total. The third-order valence-corrected chi connectivity index (χ3v) is 5.27. The van der Waals surface area contributed by atoms with Crippen LogP contribution >= 0.6 is 11.8 Å². The third-order valence-electron chi connectivity index (χ3n) is 4.12. The summed E-state index contributed by atoms with van der Waals surface area (Å²) in [5.41, 5.74) is 0. The van der Waals surface area contributed by atoms with E-state index in [0.717, 1.165) is 12.8 Å². The lowest BCUT2D eigenvalue weighted by atomic mass is 10.1. The fraction of sp³-hybridized carbons (Fsp3) is 0.944. The molecule has 0 aliphatic carbocycles. The van der Waals surface area contributed by atoms with Gasteiger partial charge in [-0.3, -0.25) is 4.79 Å². The van der Waals surface area contributed by atoms with Crippen LogP contribution in [0.2, 0.25) is 0 Å². The minimum atomic E-state index is 0.0112. The Balaban J connectivity index is 2.09. The van der Waals surface area contributed by atoms with Crippen LogP contribution < -0.4 is 0 Å². The smallest absolute Gasteiger partial charge is 0.305 e. The van der Waals surface area contributed by atoms with Crippen molar-refractivity contribution in [2.75, 3.05) is 18.1 Å². The van der Waals surface area contributed by atoms with Crippen LogP contribution in [-0.4, -0.2) is 24.1 Å². The number of rotatable bonds is 0. The Hall–Kier alpha value is -0.180. The zero-order valence-corrected chi connectivity index (χ0v) is 14.6. The topological polar surface area (TPSA) is 26.3 Å². The van der Waals surface area contributed by atoms with Gasteiger partial charge in [-0.15, -0.1) is 0 Å². The average Bonchev–Trinajstić information content (AvgIpc) is 2.48. The van der Waals surface area contributed by atoms with E-state index in [4.69, 9.17) is 4.74 Å². The van der Waals surface area contributed by atoms with Crippen molar-refractivity contribution in [1.29, 1.82) is 0 Å². The summed E-state index contributed by atoms with van der Waals surface area (Å²) >= 11 is 2.06. The molecule has 0 aromatic heterocycles. The molecule has 1 rings (SSSR count). The predicted octanol–water partition coefficient (Wildman–Crippen LogP) is 5.74. The summed E-state index contributed by atoms with van der Waals surface area (Å²) in [6.07, 6.45) is 17.5. The normalized spacial score (nSPS) is 23.1. The first-order valence-electron chi connectivity index (χ1n) is 9.13. The molecule has 1 heterocycles. The van der Waals surface area contributed by atoms with E-state index in [1.807, 2.05) is 0 Å². The monoisotopic (exact) mass is 314 g/mol. The lowest BCUT2D eigenvalue weighted by Gasteiger charge is -2.06. The van der Waals surface area contributed by atoms with Gasteiger partial charge in [0, 0.05) is 6.42 Å². The fourth-order valence-electron chi connectivity index (χ4n) is 2.73. The Morgan fingerprint density at radius 2 is 1.10 bits per heavy atom. The van der Waals surface area contributed by atoms with Gasteiger partial charge in [0.15, 0.2) is 0 Å². The zero-order chi connectivity index (χ0) is 15.0. The summed E-state index contributed by atoms with van der Waals surface area (Å²) in [5.74, 6) is 2.54. The molecule has 0 aromatic rings. The third kappa shape index (κ3) is 13.2. The van der Waals surface area contributed by atoms with Crippen molar-refractivity contribution in [2.24, 2.45) is 0 Å². The van der Waals surface area contributed by atoms with Crippen LogP contribution in [-0.2, 0) is 9.53 Å². The van der Waals surface area contributed by atoms with Gasteiger partial charge in [0.1, 0.15) is 0 Å². The Labute approximate surface area is 135 Å². The molecule has 1 fully saturated rings. The van der Waals surface area contributed by atoms with Crippen LogP contribution in [0.1, 0.15) is 89.9 Å². The highest BCUT2D eigenvalue weighted by molar-refractivity contribution is 7.99. The number of carbonyl (C=O) groups excluding carboxylic acids is 1. The van der Waals surface area contributed by atoms with Gasteiger partial charge >= 0.3 is 5.97 Å². The van der Waals surface area contributed by atoms with E-state index in [0.29, 0.717) is 13.0 Å². The average molecular weight is 315 g/mol. The molecule has 1 aliphatic rings. The van der Waals surface area contributed by atoms with Crippen molar-refractivity contribution in [3.8, 4) is 0 Å². The Kier molecular flexibility index (Phi) is 13.2. The maximum Gasteiger partial charge on any atom is 0.305 e. The minimum absolute atomic E-state index is 0.0112. The van der Waals surface area contributed by atoms with Gasteiger partial charge < -0.3 is 4.74 Å². The second-order valence-corrected chi connectivity index (χ2v) is 7.40. The summed E-state index contributed by atoms with van der Waals surface area (Å²) in [7, 11) is 0. The molecular weight excluding hydrogens is 280 g/mol. The van der Waals surface area contributed by atoms with Gasteiger partial charge in [-0.2, -0.15) is 11.8 Å². The molecule has 0 N–H and O–H groups in total. The summed E-state index contributed by atoms with van der Waals surface area (Å²) in [4.78, 5) is 11.5. The Morgan fingerprint density at radius 1 is 0.619 bits per heavy atom. The van der Waals surface area contributed by atoms with Gasteiger partial charge in [-0.25, -0.2) is 0 Å². The van der Waals surface area contributed by atoms with Crippen LogP contribution in [0.5, 0.6) is 0 Å². The van der Waals surface area contributed by atoms with Crippen molar-refractivity contribution >= 4 is 17.7 Å². The standard InChI is InChI=1S/C18H34O2S/c19-18-14-10-8-6-4-2-1-3-5-7-9-12-16-21-17-13-11-15-20-18/h1-17H2. The zero-order valence-electron chi connectivity index (χ0n) is 13.7. The highest BCUT2D eigenvalue weighted by Gasteiger charge is 2.02. The predicted molar refractivity (Wildman–Crippen MR) is 92.9 cm³/mol. The summed E-state index contributed by atoms with van der Waals surface area (Å²) in [6.45, 7) is 0.624. The largest absolute Gasteiger partial charge is 0.466 e. The Morgan fingerprint density at radius 3 is 1.71 bits per heavy atom. The molecule has 124 valence electrons. The van der Waals surface area contributed by atoms with E-state index in [9.17, 15) is 4.79 Å². The second-order valence-electron chi connectivity index (χ2n) is 6.18. The van der Waals surface area contributed by atoms with Crippen molar-refractivity contribution in [3.63, 3.8) is 0 Å². The Bertz CT molecular complexity index is 221. The van der Waals surface area contributed by atoms with Gasteiger partial charge in [-0.05, 0) is 37.2 Å². The van der Waals surface area contributed by atoms with E-state index in [1.165, 1.54) is 82.1 Å². The number of ether oxygens (including phenoxy) is 1. The molecule has 0 bridgehead atoms. The first-order chi connectivity index (χ1) is 10.4. The highest BCUT2D eigenvalue weighted by atomic mass is 32.2. The second kappa shape index (κ2) is 14.7. The van der Waals surface area contributed by atoms with Crippen molar-refractivity contribution in [3.05, 3.63) is 0 Å². The first kappa shape index (κ1) is 18.9. The molecule has 0 saturated carbocycles. The lowest BCUT2D eigenvalue weighted by molar-refractivity contribution is -0.143. The van der Waals surface area contributed by atoms with Gasteiger partial charge in [0.25, 0.3) is 0 Å². The summed E-state index contributed by atoms with van der Waals surface area (Å²) in [5, 5.41) is 0. The number of cyclic esters (lactones) is 1. The van der Waals surface area contributed by atoms with Gasteiger partial charge in [0.2, 0.25) is 0 Å². The van der Waals surface area contributed by atoms with Crippen molar-refractivity contribution in [1.82, 2.24) is 0 Å². The lowest BCUT2D eigenvalue weighted by Crippen LogP contribution is -2.05. The molecule has 21 heavy (non-hydrogen) atoms. The highest BCUT2D eigenvalue weighted by Crippen LogP contribution is 2.14. The van der Waals surface area contributed by atoms with Crippen LogP contribution in [0.25, 0.3) is 0 Å². The fourth-order valence-corrected chi connectivity index (χ4v) is 3.75. The molecule has 0 amide bonds. The van der Waals surface area contributed by atoms with E-state index >= 15 is 0 Å². The summed E-state index contributed by atoms with van der Waals surface area (Å²) in [6, 6.07) is 0. The maximum atomic E-state index is 11.5. The number of thioether (sulfide) groups is 1. The minimum Gasteiger partial charge on any atom is -0.466 e. The van der Waals surface area contributed by atoms with Crippen LogP contribution in [0, 0.1) is 0 Å². The SMILES string of the molecule is O=C1CCCCCCCCCCCCCSCCCCO1. The molecule has 0 unspecified atom stereocenters. The van der Waals surface area contributed by atoms with E-state index < -0.39 is 0 Å². The molecule has 1 aliphatic heterocycles. The molecule has 0 spiro atoms. The molecule has 0 radical (unpaired) electrons. The maximum absolute atomic E-state index is 11.5. The molecule has 3 heteroatoms. The van der Waals surface area contributed by atoms with E-state index in [1.54, 1.807) is 0 Å². The number of hydrogen-bond acceptors (Lipinski definition) is 3. The molecule has 0 aromatic carbocycles. The first-order valence-corrected chi connectivity index (χ1v) is 10.3. The van der Waals surface area contributed by atoms with Gasteiger partial charge in [0.05, 0.1) is 6.61 Å². The van der Waals surface area contributed by atoms with Gasteiger partial charge in [-0.1, -0.05) is 57.8 Å². The van der Waals surface area contributed by atoms with Crippen LogP contribution in [0.4, 0.5) is 0 Å². The number of esters is 1. The number of hydrogen-bond donors (Lipinski definition) is 0. The molecule has 0 atom stereocenters. The van der Waals surface area contributed by atoms with E-state index in [-0.39, 0.29) is 5.97 Å². The quantitative estimate of drug-likeness (QED) is 0.533. The van der Waals surface area contributed by atoms with E-state index in [2.05, 4.69) is 11.8 Å². The van der Waals surface area contributed by atoms with Crippen molar-refractivity contribution in [2.45, 2.75) is 89.9 Å².